The minimum absolute atomic E-state index is 0.285. The van der Waals surface area contributed by atoms with Crippen molar-refractivity contribution in [2.24, 2.45) is 0 Å². The van der Waals surface area contributed by atoms with Crippen molar-refractivity contribution >= 4 is 29.1 Å². The fourth-order valence-corrected chi connectivity index (χ4v) is 2.54. The molecule has 26 heavy (non-hydrogen) atoms. The van der Waals surface area contributed by atoms with Crippen molar-refractivity contribution in [3.63, 3.8) is 0 Å². The van der Waals surface area contributed by atoms with Gasteiger partial charge in [-0.1, -0.05) is 23.7 Å². The Morgan fingerprint density at radius 2 is 1.96 bits per heavy atom. The lowest BCUT2D eigenvalue weighted by molar-refractivity contribution is 0.0945. The van der Waals surface area contributed by atoms with Gasteiger partial charge >= 0.3 is 0 Å². The van der Waals surface area contributed by atoms with Gasteiger partial charge in [0.25, 0.3) is 5.91 Å². The third-order valence-electron chi connectivity index (χ3n) is 3.76. The molecule has 2 heterocycles. The number of hydrogen-bond acceptors (Lipinski definition) is 5. The molecule has 2 aromatic heterocycles. The molecular weight excluding hydrogens is 350 g/mol. The minimum atomic E-state index is -0.285. The van der Waals surface area contributed by atoms with E-state index in [-0.39, 0.29) is 11.6 Å². The van der Waals surface area contributed by atoms with Gasteiger partial charge < -0.3 is 10.6 Å². The molecule has 0 unspecified atom stereocenters. The van der Waals surface area contributed by atoms with Gasteiger partial charge in [-0.2, -0.15) is 0 Å². The van der Waals surface area contributed by atoms with Gasteiger partial charge in [0.2, 0.25) is 5.95 Å². The molecule has 1 amide bonds. The fourth-order valence-electron chi connectivity index (χ4n) is 2.37. The normalized spacial score (nSPS) is 10.4. The first kappa shape index (κ1) is 17.8. The second-order valence-corrected chi connectivity index (χ2v) is 6.17. The standard InChI is InChI=1S/C19H18ClN5O/c1-12-10-17(18(26)22-11-14-6-3-4-9-21-14)25-19(23-12)24-16-8-5-7-15(20)13(16)2/h3-10H,11H2,1-2H3,(H,22,26)(H,23,24,25). The topological polar surface area (TPSA) is 79.8 Å². The van der Waals surface area contributed by atoms with Crippen molar-refractivity contribution in [3.05, 3.63) is 76.3 Å². The fraction of sp³-hybridized carbons (Fsp3) is 0.158. The van der Waals surface area contributed by atoms with E-state index in [1.165, 1.54) is 0 Å². The van der Waals surface area contributed by atoms with Crippen molar-refractivity contribution in [1.82, 2.24) is 20.3 Å². The number of carbonyl (C=O) groups is 1. The van der Waals surface area contributed by atoms with E-state index < -0.39 is 0 Å². The summed E-state index contributed by atoms with van der Waals surface area (Å²) in [4.78, 5) is 25.3. The Bertz CT molecular complexity index is 930. The monoisotopic (exact) mass is 367 g/mol. The van der Waals surface area contributed by atoms with E-state index in [1.54, 1.807) is 12.3 Å². The van der Waals surface area contributed by atoms with Crippen molar-refractivity contribution in [2.75, 3.05) is 5.32 Å². The Morgan fingerprint density at radius 3 is 2.73 bits per heavy atom. The number of halogens is 1. The van der Waals surface area contributed by atoms with Crippen LogP contribution in [0.25, 0.3) is 0 Å². The summed E-state index contributed by atoms with van der Waals surface area (Å²) < 4.78 is 0. The van der Waals surface area contributed by atoms with Gasteiger partial charge in [0.05, 0.1) is 12.2 Å². The summed E-state index contributed by atoms with van der Waals surface area (Å²) in [6.45, 7) is 4.05. The summed E-state index contributed by atoms with van der Waals surface area (Å²) in [6, 6.07) is 12.7. The number of nitrogens with one attached hydrogen (secondary N) is 2. The van der Waals surface area contributed by atoms with Crippen molar-refractivity contribution in [2.45, 2.75) is 20.4 Å². The molecule has 0 saturated heterocycles. The number of hydrogen-bond donors (Lipinski definition) is 2. The van der Waals surface area contributed by atoms with Gasteiger partial charge in [-0.05, 0) is 49.7 Å². The van der Waals surface area contributed by atoms with E-state index in [9.17, 15) is 4.79 Å². The van der Waals surface area contributed by atoms with Crippen LogP contribution in [0.3, 0.4) is 0 Å². The average Bonchev–Trinajstić information content (AvgIpc) is 2.64. The molecule has 3 rings (SSSR count). The average molecular weight is 368 g/mol. The van der Waals surface area contributed by atoms with Crippen LogP contribution in [0, 0.1) is 13.8 Å². The predicted molar refractivity (Wildman–Crippen MR) is 102 cm³/mol. The smallest absolute Gasteiger partial charge is 0.270 e. The summed E-state index contributed by atoms with van der Waals surface area (Å²) in [7, 11) is 0. The maximum Gasteiger partial charge on any atom is 0.270 e. The van der Waals surface area contributed by atoms with E-state index in [2.05, 4.69) is 25.6 Å². The van der Waals surface area contributed by atoms with Gasteiger partial charge in [0, 0.05) is 22.6 Å². The number of aromatic nitrogens is 3. The number of aryl methyl sites for hydroxylation is 1. The summed E-state index contributed by atoms with van der Waals surface area (Å²) >= 11 is 6.14. The Balaban J connectivity index is 1.76. The van der Waals surface area contributed by atoms with Crippen LogP contribution >= 0.6 is 11.6 Å². The molecule has 0 atom stereocenters. The maximum absolute atomic E-state index is 12.4. The second-order valence-electron chi connectivity index (χ2n) is 5.76. The first-order chi connectivity index (χ1) is 12.5. The molecular formula is C19H18ClN5O. The predicted octanol–water partition coefficient (Wildman–Crippen LogP) is 3.82. The van der Waals surface area contributed by atoms with Crippen LogP contribution in [0.4, 0.5) is 11.6 Å². The Morgan fingerprint density at radius 1 is 1.12 bits per heavy atom. The van der Waals surface area contributed by atoms with Crippen LogP contribution in [0.5, 0.6) is 0 Å². The van der Waals surface area contributed by atoms with Crippen molar-refractivity contribution < 1.29 is 4.79 Å². The molecule has 132 valence electrons. The lowest BCUT2D eigenvalue weighted by atomic mass is 10.2. The number of pyridine rings is 1. The van der Waals surface area contributed by atoms with Gasteiger partial charge in [0.1, 0.15) is 5.69 Å². The minimum Gasteiger partial charge on any atom is -0.345 e. The Labute approximate surface area is 156 Å². The van der Waals surface area contributed by atoms with Crippen LogP contribution in [0.2, 0.25) is 5.02 Å². The molecule has 0 radical (unpaired) electrons. The lowest BCUT2D eigenvalue weighted by Gasteiger charge is -2.11. The molecule has 7 heteroatoms. The van der Waals surface area contributed by atoms with Crippen LogP contribution in [0.15, 0.2) is 48.7 Å². The second kappa shape index (κ2) is 7.93. The van der Waals surface area contributed by atoms with Gasteiger partial charge in [0.15, 0.2) is 0 Å². The molecule has 0 aliphatic carbocycles. The van der Waals surface area contributed by atoms with Crippen molar-refractivity contribution in [3.8, 4) is 0 Å². The van der Waals surface area contributed by atoms with E-state index in [0.29, 0.717) is 23.2 Å². The molecule has 0 fully saturated rings. The third kappa shape index (κ3) is 4.34. The zero-order chi connectivity index (χ0) is 18.5. The SMILES string of the molecule is Cc1cc(C(=O)NCc2ccccn2)nc(Nc2cccc(Cl)c2C)n1. The third-order valence-corrected chi connectivity index (χ3v) is 4.17. The number of anilines is 2. The molecule has 0 bridgehead atoms. The Kier molecular flexibility index (Phi) is 5.43. The molecule has 1 aromatic carbocycles. The summed E-state index contributed by atoms with van der Waals surface area (Å²) in [5, 5.41) is 6.59. The summed E-state index contributed by atoms with van der Waals surface area (Å²) in [6.07, 6.45) is 1.69. The highest BCUT2D eigenvalue weighted by Crippen LogP contribution is 2.25. The van der Waals surface area contributed by atoms with E-state index in [1.807, 2.05) is 50.2 Å². The first-order valence-electron chi connectivity index (χ1n) is 8.09. The van der Waals surface area contributed by atoms with Crippen LogP contribution < -0.4 is 10.6 Å². The number of rotatable bonds is 5. The highest BCUT2D eigenvalue weighted by atomic mass is 35.5. The number of nitrogens with zero attached hydrogens (tertiary/aromatic N) is 3. The van der Waals surface area contributed by atoms with E-state index in [0.717, 1.165) is 16.9 Å². The van der Waals surface area contributed by atoms with Crippen LogP contribution in [0.1, 0.15) is 27.4 Å². The highest BCUT2D eigenvalue weighted by molar-refractivity contribution is 6.31. The van der Waals surface area contributed by atoms with E-state index in [4.69, 9.17) is 11.6 Å². The van der Waals surface area contributed by atoms with Crippen molar-refractivity contribution in [1.29, 1.82) is 0 Å². The van der Waals surface area contributed by atoms with Crippen LogP contribution in [-0.2, 0) is 6.54 Å². The van der Waals surface area contributed by atoms with Gasteiger partial charge in [-0.25, -0.2) is 9.97 Å². The van der Waals surface area contributed by atoms with Gasteiger partial charge in [-0.15, -0.1) is 0 Å². The van der Waals surface area contributed by atoms with E-state index >= 15 is 0 Å². The molecule has 0 saturated carbocycles. The van der Waals surface area contributed by atoms with Gasteiger partial charge in [-0.3, -0.25) is 9.78 Å². The lowest BCUT2D eigenvalue weighted by Crippen LogP contribution is -2.24. The molecule has 0 aliphatic rings. The number of carbonyl (C=O) groups excluding carboxylic acids is 1. The van der Waals surface area contributed by atoms with Crippen LogP contribution in [-0.4, -0.2) is 20.9 Å². The maximum atomic E-state index is 12.4. The molecule has 2 N–H and O–H groups in total. The first-order valence-corrected chi connectivity index (χ1v) is 8.46. The molecule has 6 nitrogen and oxygen atoms in total. The Hall–Kier alpha value is -2.99. The summed E-state index contributed by atoms with van der Waals surface area (Å²) in [5.41, 5.74) is 3.43. The largest absolute Gasteiger partial charge is 0.345 e. The molecule has 3 aromatic rings. The number of benzene rings is 1. The zero-order valence-electron chi connectivity index (χ0n) is 14.5. The quantitative estimate of drug-likeness (QED) is 0.716. The summed E-state index contributed by atoms with van der Waals surface area (Å²) in [5.74, 6) is 0.0605. The zero-order valence-corrected chi connectivity index (χ0v) is 15.2. The molecule has 0 spiro atoms. The highest BCUT2D eigenvalue weighted by Gasteiger charge is 2.12. The molecule has 0 aliphatic heterocycles. The number of amides is 1.